The van der Waals surface area contributed by atoms with Crippen LogP contribution in [-0.4, -0.2) is 288 Å². The highest BCUT2D eigenvalue weighted by Gasteiger charge is 2.71. The lowest BCUT2D eigenvalue weighted by molar-refractivity contribution is -0.397. The third-order valence-corrected chi connectivity index (χ3v) is 24.1. The number of aliphatic hydroxyl groups is 13. The van der Waals surface area contributed by atoms with E-state index < -0.39 is 237 Å². The fraction of sp³-hybridized carbons (Fsp3) is 0.906. The summed E-state index contributed by atoms with van der Waals surface area (Å²) in [6.07, 6.45) is -37.0. The van der Waals surface area contributed by atoms with Gasteiger partial charge in [0.1, 0.15) is 85.5 Å². The second-order valence-corrected chi connectivity index (χ2v) is 30.1. The molecule has 5 saturated heterocycles. The van der Waals surface area contributed by atoms with Crippen molar-refractivity contribution in [1.82, 2.24) is 0 Å². The molecule has 9 fully saturated rings. The van der Waals surface area contributed by atoms with Gasteiger partial charge in [-0.1, -0.05) is 60.1 Å². The van der Waals surface area contributed by atoms with Crippen LogP contribution in [0.3, 0.4) is 0 Å². The maximum absolute atomic E-state index is 12.7. The van der Waals surface area contributed by atoms with Crippen LogP contribution in [0.25, 0.3) is 0 Å². The van der Waals surface area contributed by atoms with Crippen LogP contribution in [0.1, 0.15) is 121 Å². The number of aliphatic hydroxyl groups excluding tert-OH is 13. The minimum atomic E-state index is -2.18. The minimum absolute atomic E-state index is 0.00760. The molecule has 0 spiro atoms. The van der Waals surface area contributed by atoms with E-state index in [1.807, 2.05) is 20.8 Å². The van der Waals surface area contributed by atoms with Crippen LogP contribution in [0.4, 0.5) is 0 Å². The van der Waals surface area contributed by atoms with E-state index in [0.29, 0.717) is 44.9 Å². The topological polar surface area (TPSA) is 471 Å². The molecule has 0 radical (unpaired) electrons. The molecule has 34 atom stereocenters. The van der Waals surface area contributed by atoms with E-state index in [9.17, 15) is 90.7 Å². The Morgan fingerprint density at radius 1 is 0.526 bits per heavy atom. The fourth-order valence-corrected chi connectivity index (χ4v) is 18.6. The average molecular weight is 1370 g/mol. The Morgan fingerprint density at radius 3 is 1.71 bits per heavy atom. The molecule has 14 N–H and O–H groups in total. The van der Waals surface area contributed by atoms with Crippen LogP contribution in [0, 0.1) is 50.2 Å². The molecule has 95 heavy (non-hydrogen) atoms. The number of ether oxygens (including phenoxy) is 13. The number of carbonyl (C=O) groups is 4. The number of aliphatic carboxylic acids is 1. The molecule has 0 aromatic heterocycles. The molecule has 31 heteroatoms. The molecule has 5 aliphatic carbocycles. The summed E-state index contributed by atoms with van der Waals surface area (Å²) in [5, 5.41) is 156. The quantitative estimate of drug-likeness (QED) is 0.0305. The first-order valence-electron chi connectivity index (χ1n) is 33.0. The Labute approximate surface area is 549 Å². The molecule has 5 aliphatic heterocycles. The maximum Gasteiger partial charge on any atom is 0.335 e. The predicted octanol–water partition coefficient (Wildman–Crippen LogP) is -2.71. The highest BCUT2D eigenvalue weighted by molar-refractivity contribution is 5.73. The SMILES string of the molecule is CC(=O)O[C@@H]1[C@@H](OC(C)=O)[C@H](O[C@@H]2[C@@H](O)[C@H](OC3C(O)C(C)(C)C[C@H]4C5=CC[C@@H]6[C@@]7(C)CC[C@H](O[C@@H]8O[C@H](C(=O)O)[C@@H](O)[C@H](O)[C@H]8O[C@@H]8O[C@H](CO)[C@H](O)[C@H](O)[C@H]8O[C@@H]8O[C@H](CO)[C@@H](O)[C@H](O)[C@H]8O)[C@](C)(CO)[C@@H]7CC[C@@]6(C)[C@]5(C)CC[C@@]34C)OC[C@@H]2O)OC[C@@H]1OC(C)=O. The van der Waals surface area contributed by atoms with Crippen LogP contribution >= 0.6 is 0 Å². The molecule has 4 saturated carbocycles. The molecule has 2 unspecified atom stereocenters. The number of allylic oxidation sites excluding steroid dienone is 2. The van der Waals surface area contributed by atoms with Gasteiger partial charge in [-0.3, -0.25) is 14.4 Å². The lowest BCUT2D eigenvalue weighted by Crippen LogP contribution is -2.69. The normalized spacial score (nSPS) is 51.3. The van der Waals surface area contributed by atoms with Crippen LogP contribution in [0.5, 0.6) is 0 Å². The van der Waals surface area contributed by atoms with Crippen molar-refractivity contribution < 1.29 is 152 Å². The second kappa shape index (κ2) is 27.9. The van der Waals surface area contributed by atoms with E-state index in [1.54, 1.807) is 0 Å². The van der Waals surface area contributed by atoms with E-state index in [-0.39, 0.29) is 36.2 Å². The van der Waals surface area contributed by atoms with Crippen molar-refractivity contribution in [2.24, 2.45) is 50.2 Å². The fourth-order valence-electron chi connectivity index (χ4n) is 18.6. The smallest absolute Gasteiger partial charge is 0.335 e. The Morgan fingerprint density at radius 2 is 1.09 bits per heavy atom. The molecule has 0 bridgehead atoms. The molecule has 31 nitrogen and oxygen atoms in total. The van der Waals surface area contributed by atoms with E-state index in [0.717, 1.165) is 20.8 Å². The predicted molar refractivity (Wildman–Crippen MR) is 315 cm³/mol. The number of fused-ring (bicyclic) bond motifs is 7. The van der Waals surface area contributed by atoms with Crippen molar-refractivity contribution in [3.8, 4) is 0 Å². The highest BCUT2D eigenvalue weighted by atomic mass is 16.8. The Bertz CT molecular complexity index is 2770. The molecule has 5 heterocycles. The standard InChI is InChI=1S/C64H100O31/c1-25(68)85-33-23-84-56(50(87-27(3)70)46(33)86-26(2)69)91-45-30(71)22-83-54(44(45)79)95-52-51(80)59(4,5)19-29-28-11-12-35-61(7)15-14-36(62(8,24-67)34(61)13-16-64(35,10)63(28,9)18-17-60(29,52)6)90-58-49(42(77)41(76)47(92-58)53(81)82)94-57-48(40(75)38(73)32(21-66)89-57)93-55-43(78)39(74)37(72)31(20-65)88-55/h11,29-52,54-58,65-67,71-80H,12-24H2,1-10H3,(H,81,82)/t29-,30-,31+,32+,33-,34+,35+,36-,37+,38-,39-,40-,41-,42-,43+,44+,45-,46-,47-,48+,49+,50+,51?,52?,54-,55-,56-,57-,58+,60+,61-,62+,63+,64+/m0/s1. The minimum Gasteiger partial charge on any atom is -0.479 e. The summed E-state index contributed by atoms with van der Waals surface area (Å²) < 4.78 is 77.5. The number of carboxylic acids is 1. The van der Waals surface area contributed by atoms with Crippen molar-refractivity contribution in [3.05, 3.63) is 11.6 Å². The van der Waals surface area contributed by atoms with Gasteiger partial charge in [0.15, 0.2) is 55.9 Å². The van der Waals surface area contributed by atoms with Crippen molar-refractivity contribution in [2.45, 2.75) is 280 Å². The first-order chi connectivity index (χ1) is 44.5. The second-order valence-electron chi connectivity index (χ2n) is 30.1. The van der Waals surface area contributed by atoms with Crippen LogP contribution < -0.4 is 0 Å². The lowest BCUT2D eigenvalue weighted by atomic mass is 9.33. The van der Waals surface area contributed by atoms with Gasteiger partial charge in [-0.25, -0.2) is 4.79 Å². The van der Waals surface area contributed by atoms with Gasteiger partial charge >= 0.3 is 23.9 Å². The largest absolute Gasteiger partial charge is 0.479 e. The third kappa shape index (κ3) is 13.1. The molecule has 542 valence electrons. The number of carbonyl (C=O) groups excluding carboxylic acids is 3. The molecule has 0 aromatic rings. The zero-order valence-corrected chi connectivity index (χ0v) is 55.2. The molecular weight excluding hydrogens is 1260 g/mol. The third-order valence-electron chi connectivity index (χ3n) is 24.1. The van der Waals surface area contributed by atoms with Gasteiger partial charge in [0.25, 0.3) is 0 Å². The van der Waals surface area contributed by atoms with E-state index in [2.05, 4.69) is 33.8 Å². The lowest BCUT2D eigenvalue weighted by Gasteiger charge is -2.72. The number of hydrogen-bond acceptors (Lipinski definition) is 30. The Balaban J connectivity index is 0.887. The van der Waals surface area contributed by atoms with Crippen molar-refractivity contribution in [2.75, 3.05) is 33.0 Å². The number of carboxylic acid groups (broad SMARTS) is 1. The van der Waals surface area contributed by atoms with E-state index >= 15 is 0 Å². The Kier molecular flexibility index (Phi) is 21.9. The van der Waals surface area contributed by atoms with Gasteiger partial charge < -0.3 is 133 Å². The van der Waals surface area contributed by atoms with E-state index in [4.69, 9.17) is 61.6 Å². The molecule has 0 aromatic carbocycles. The summed E-state index contributed by atoms with van der Waals surface area (Å²) in [6.45, 7) is 15.1. The van der Waals surface area contributed by atoms with Crippen molar-refractivity contribution in [1.29, 1.82) is 0 Å². The summed E-state index contributed by atoms with van der Waals surface area (Å²) in [6, 6.07) is 0. The van der Waals surface area contributed by atoms with Crippen LogP contribution in [0.2, 0.25) is 0 Å². The van der Waals surface area contributed by atoms with Gasteiger partial charge in [0.2, 0.25) is 0 Å². The monoisotopic (exact) mass is 1360 g/mol. The number of hydrogen-bond donors (Lipinski definition) is 14. The van der Waals surface area contributed by atoms with Crippen LogP contribution in [-0.2, 0) is 80.8 Å². The highest BCUT2D eigenvalue weighted by Crippen LogP contribution is 2.76. The summed E-state index contributed by atoms with van der Waals surface area (Å²) in [7, 11) is 0. The summed E-state index contributed by atoms with van der Waals surface area (Å²) in [5.74, 6) is -4.47. The van der Waals surface area contributed by atoms with Gasteiger partial charge in [-0.2, -0.15) is 0 Å². The van der Waals surface area contributed by atoms with Crippen LogP contribution in [0.15, 0.2) is 11.6 Å². The first-order valence-corrected chi connectivity index (χ1v) is 33.0. The zero-order chi connectivity index (χ0) is 69.7. The van der Waals surface area contributed by atoms with Gasteiger partial charge in [-0.15, -0.1) is 0 Å². The molecule has 0 amide bonds. The van der Waals surface area contributed by atoms with E-state index in [1.165, 1.54) is 5.57 Å². The molecular formula is C64H100O31. The average Bonchev–Trinajstić information content (AvgIpc) is 0.675. The molecule has 10 aliphatic rings. The van der Waals surface area contributed by atoms with Gasteiger partial charge in [0.05, 0.1) is 51.3 Å². The molecule has 10 rings (SSSR count). The zero-order valence-electron chi connectivity index (χ0n) is 55.2. The van der Waals surface area contributed by atoms with Gasteiger partial charge in [-0.05, 0) is 90.8 Å². The maximum atomic E-state index is 12.7. The summed E-state index contributed by atoms with van der Waals surface area (Å²) in [5.41, 5.74) is -2.72. The summed E-state index contributed by atoms with van der Waals surface area (Å²) in [4.78, 5) is 49.5. The van der Waals surface area contributed by atoms with Crippen molar-refractivity contribution in [3.63, 3.8) is 0 Å². The van der Waals surface area contributed by atoms with Crippen molar-refractivity contribution >= 4 is 23.9 Å². The summed E-state index contributed by atoms with van der Waals surface area (Å²) >= 11 is 0. The number of rotatable bonds is 17. The first kappa shape index (κ1) is 74.4. The Hall–Kier alpha value is -3.30. The van der Waals surface area contributed by atoms with Gasteiger partial charge in [0, 0.05) is 31.6 Å². The number of esters is 3.